The minimum atomic E-state index is -0.914. The molecule has 0 spiro atoms. The van der Waals surface area contributed by atoms with Crippen LogP contribution in [-0.4, -0.2) is 60.3 Å². The molecule has 1 aromatic rings. The monoisotopic (exact) mass is 311 g/mol. The smallest absolute Gasteiger partial charge is 0.347 e. The van der Waals surface area contributed by atoms with Gasteiger partial charge in [0.1, 0.15) is 4.88 Å². The van der Waals surface area contributed by atoms with Crippen LogP contribution < -0.4 is 4.90 Å². The Kier molecular flexibility index (Phi) is 4.42. The van der Waals surface area contributed by atoms with Crippen LogP contribution in [0, 0.1) is 0 Å². The van der Waals surface area contributed by atoms with Crippen molar-refractivity contribution < 1.29 is 14.6 Å². The fourth-order valence-corrected chi connectivity index (χ4v) is 4.20. The number of ether oxygens (including phenoxy) is 1. The predicted octanol–water partition coefficient (Wildman–Crippen LogP) is 1.66. The first-order chi connectivity index (χ1) is 10.2. The van der Waals surface area contributed by atoms with E-state index < -0.39 is 5.97 Å². The number of anilines is 1. The number of methoxy groups -OCH3 is 1. The standard InChI is InChI=1S/C14H21N3O3S/c1-20-9-11-12(13(18)19)21-14(15-11)17-7-3-6-16-5-2-4-10(16)8-17/h10H,2-9H2,1H3,(H,18,19). The number of fused-ring (bicyclic) bond motifs is 1. The van der Waals surface area contributed by atoms with Crippen LogP contribution in [0.4, 0.5) is 5.13 Å². The molecule has 2 saturated heterocycles. The van der Waals surface area contributed by atoms with E-state index in [9.17, 15) is 9.90 Å². The lowest BCUT2D eigenvalue weighted by atomic mass is 10.2. The van der Waals surface area contributed by atoms with E-state index in [-0.39, 0.29) is 6.61 Å². The summed E-state index contributed by atoms with van der Waals surface area (Å²) in [4.78, 5) is 21.0. The van der Waals surface area contributed by atoms with E-state index in [0.717, 1.165) is 31.2 Å². The maximum Gasteiger partial charge on any atom is 0.347 e. The molecular weight excluding hydrogens is 290 g/mol. The summed E-state index contributed by atoms with van der Waals surface area (Å²) in [5.41, 5.74) is 0.539. The summed E-state index contributed by atoms with van der Waals surface area (Å²) in [5.74, 6) is -0.914. The summed E-state index contributed by atoms with van der Waals surface area (Å²) >= 11 is 1.27. The summed E-state index contributed by atoms with van der Waals surface area (Å²) in [5, 5.41) is 10.1. The molecule has 116 valence electrons. The lowest BCUT2D eigenvalue weighted by Crippen LogP contribution is -2.36. The number of thiazole rings is 1. The van der Waals surface area contributed by atoms with Gasteiger partial charge < -0.3 is 14.7 Å². The highest BCUT2D eigenvalue weighted by Crippen LogP contribution is 2.30. The Labute approximate surface area is 128 Å². The Morgan fingerprint density at radius 1 is 1.43 bits per heavy atom. The zero-order valence-electron chi connectivity index (χ0n) is 12.2. The predicted molar refractivity (Wildman–Crippen MR) is 81.2 cm³/mol. The molecule has 1 atom stereocenters. The van der Waals surface area contributed by atoms with Crippen molar-refractivity contribution in [2.45, 2.75) is 31.9 Å². The van der Waals surface area contributed by atoms with E-state index in [1.807, 2.05) is 0 Å². The average molecular weight is 311 g/mol. The maximum absolute atomic E-state index is 11.3. The Hall–Kier alpha value is -1.18. The molecule has 3 rings (SSSR count). The highest BCUT2D eigenvalue weighted by Gasteiger charge is 2.30. The highest BCUT2D eigenvalue weighted by molar-refractivity contribution is 7.17. The Balaban J connectivity index is 1.82. The molecule has 0 bridgehead atoms. The molecule has 0 radical (unpaired) electrons. The number of hydrogen-bond donors (Lipinski definition) is 1. The van der Waals surface area contributed by atoms with E-state index in [2.05, 4.69) is 14.8 Å². The summed E-state index contributed by atoms with van der Waals surface area (Å²) in [6.45, 7) is 4.50. The lowest BCUT2D eigenvalue weighted by molar-refractivity contribution is 0.0697. The first-order valence-corrected chi connectivity index (χ1v) is 8.21. The Bertz CT molecular complexity index is 520. The molecule has 2 aliphatic rings. The molecule has 0 aliphatic carbocycles. The molecular formula is C14H21N3O3S. The van der Waals surface area contributed by atoms with Crippen LogP contribution in [0.3, 0.4) is 0 Å². The normalized spacial score (nSPS) is 23.1. The number of rotatable bonds is 4. The third-order valence-electron chi connectivity index (χ3n) is 4.24. The molecule has 1 unspecified atom stereocenters. The van der Waals surface area contributed by atoms with Crippen molar-refractivity contribution in [3.05, 3.63) is 10.6 Å². The summed E-state index contributed by atoms with van der Waals surface area (Å²) in [6, 6.07) is 0.593. The van der Waals surface area contributed by atoms with Gasteiger partial charge >= 0.3 is 5.97 Å². The molecule has 21 heavy (non-hydrogen) atoms. The number of carbonyl (C=O) groups is 1. The van der Waals surface area contributed by atoms with Crippen molar-refractivity contribution in [1.29, 1.82) is 0 Å². The topological polar surface area (TPSA) is 65.9 Å². The first kappa shape index (κ1) is 14.7. The maximum atomic E-state index is 11.3. The number of aromatic carboxylic acids is 1. The molecule has 7 heteroatoms. The molecule has 6 nitrogen and oxygen atoms in total. The van der Waals surface area contributed by atoms with Crippen molar-refractivity contribution in [2.24, 2.45) is 0 Å². The van der Waals surface area contributed by atoms with Crippen LogP contribution in [0.15, 0.2) is 0 Å². The van der Waals surface area contributed by atoms with Gasteiger partial charge in [0.2, 0.25) is 0 Å². The lowest BCUT2D eigenvalue weighted by Gasteiger charge is -2.25. The van der Waals surface area contributed by atoms with Crippen molar-refractivity contribution in [2.75, 3.05) is 38.2 Å². The summed E-state index contributed by atoms with van der Waals surface area (Å²) < 4.78 is 5.07. The van der Waals surface area contributed by atoms with Crippen LogP contribution in [0.1, 0.15) is 34.6 Å². The van der Waals surface area contributed by atoms with Gasteiger partial charge in [-0.15, -0.1) is 0 Å². The van der Waals surface area contributed by atoms with Crippen LogP contribution in [0.2, 0.25) is 0 Å². The zero-order chi connectivity index (χ0) is 14.8. The summed E-state index contributed by atoms with van der Waals surface area (Å²) in [6.07, 6.45) is 3.61. The van der Waals surface area contributed by atoms with Crippen LogP contribution in [0.25, 0.3) is 0 Å². The minimum absolute atomic E-state index is 0.252. The molecule has 1 N–H and O–H groups in total. The molecule has 2 fully saturated rings. The molecule has 3 heterocycles. The quantitative estimate of drug-likeness (QED) is 0.912. The number of carboxylic acids is 1. The van der Waals surface area contributed by atoms with E-state index in [1.54, 1.807) is 7.11 Å². The molecule has 0 amide bonds. The average Bonchev–Trinajstić information content (AvgIpc) is 3.01. The fourth-order valence-electron chi connectivity index (χ4n) is 3.26. The Morgan fingerprint density at radius 2 is 2.24 bits per heavy atom. The van der Waals surface area contributed by atoms with Gasteiger partial charge in [0.15, 0.2) is 5.13 Å². The summed E-state index contributed by atoms with van der Waals surface area (Å²) in [7, 11) is 1.56. The number of carboxylic acid groups (broad SMARTS) is 1. The van der Waals surface area contributed by atoms with E-state index in [4.69, 9.17) is 4.74 Å². The second-order valence-electron chi connectivity index (χ2n) is 5.64. The van der Waals surface area contributed by atoms with Crippen molar-refractivity contribution in [3.8, 4) is 0 Å². The second kappa shape index (κ2) is 6.29. The number of aromatic nitrogens is 1. The molecule has 0 aromatic carbocycles. The molecule has 2 aliphatic heterocycles. The van der Waals surface area contributed by atoms with Gasteiger partial charge in [-0.3, -0.25) is 4.90 Å². The van der Waals surface area contributed by atoms with Gasteiger partial charge in [-0.05, 0) is 25.8 Å². The van der Waals surface area contributed by atoms with Crippen LogP contribution in [-0.2, 0) is 11.3 Å². The third kappa shape index (κ3) is 3.04. The third-order valence-corrected chi connectivity index (χ3v) is 5.38. The highest BCUT2D eigenvalue weighted by atomic mass is 32.1. The minimum Gasteiger partial charge on any atom is -0.477 e. The second-order valence-corrected chi connectivity index (χ2v) is 6.62. The van der Waals surface area contributed by atoms with Crippen LogP contribution >= 0.6 is 11.3 Å². The Morgan fingerprint density at radius 3 is 3.00 bits per heavy atom. The largest absolute Gasteiger partial charge is 0.477 e. The van der Waals surface area contributed by atoms with Gasteiger partial charge in [0.25, 0.3) is 0 Å². The SMILES string of the molecule is COCc1nc(N2CCCN3CCCC3C2)sc1C(=O)O. The van der Waals surface area contributed by atoms with E-state index in [1.165, 1.54) is 30.7 Å². The first-order valence-electron chi connectivity index (χ1n) is 7.40. The van der Waals surface area contributed by atoms with Crippen LogP contribution in [0.5, 0.6) is 0 Å². The van der Waals surface area contributed by atoms with Gasteiger partial charge in [-0.2, -0.15) is 0 Å². The number of hydrogen-bond acceptors (Lipinski definition) is 6. The number of nitrogens with zero attached hydrogens (tertiary/aromatic N) is 3. The van der Waals surface area contributed by atoms with Crippen molar-refractivity contribution in [3.63, 3.8) is 0 Å². The van der Waals surface area contributed by atoms with E-state index in [0.29, 0.717) is 16.6 Å². The van der Waals surface area contributed by atoms with Crippen molar-refractivity contribution >= 4 is 22.4 Å². The molecule has 1 aromatic heterocycles. The van der Waals surface area contributed by atoms with Gasteiger partial charge in [-0.1, -0.05) is 11.3 Å². The van der Waals surface area contributed by atoms with E-state index >= 15 is 0 Å². The molecule has 0 saturated carbocycles. The van der Waals surface area contributed by atoms with Gasteiger partial charge in [0, 0.05) is 32.8 Å². The fraction of sp³-hybridized carbons (Fsp3) is 0.714. The zero-order valence-corrected chi connectivity index (χ0v) is 13.1. The van der Waals surface area contributed by atoms with Crippen molar-refractivity contribution in [1.82, 2.24) is 9.88 Å². The van der Waals surface area contributed by atoms with Gasteiger partial charge in [-0.25, -0.2) is 9.78 Å². The van der Waals surface area contributed by atoms with Gasteiger partial charge in [0.05, 0.1) is 12.3 Å².